The molecule has 1 atom stereocenters. The van der Waals surface area contributed by atoms with Gasteiger partial charge in [0.1, 0.15) is 6.04 Å². The van der Waals surface area contributed by atoms with Gasteiger partial charge in [0, 0.05) is 48.8 Å². The third-order valence-corrected chi connectivity index (χ3v) is 6.05. The highest BCUT2D eigenvalue weighted by molar-refractivity contribution is 7.99. The van der Waals surface area contributed by atoms with Crippen LogP contribution in [0.5, 0.6) is 0 Å². The van der Waals surface area contributed by atoms with E-state index in [1.165, 1.54) is 18.7 Å². The summed E-state index contributed by atoms with van der Waals surface area (Å²) in [7, 11) is 3.80. The lowest BCUT2D eigenvalue weighted by molar-refractivity contribution is -0.129. The van der Waals surface area contributed by atoms with E-state index in [2.05, 4.69) is 10.6 Å². The van der Waals surface area contributed by atoms with Crippen LogP contribution in [0, 0.1) is 0 Å². The summed E-state index contributed by atoms with van der Waals surface area (Å²) in [6.45, 7) is 1.44. The van der Waals surface area contributed by atoms with Gasteiger partial charge >= 0.3 is 0 Å². The molecule has 3 amide bonds. The molecule has 0 aliphatic rings. The quantitative estimate of drug-likeness (QED) is 0.157. The summed E-state index contributed by atoms with van der Waals surface area (Å²) in [4.78, 5) is 50.5. The summed E-state index contributed by atoms with van der Waals surface area (Å²) < 4.78 is 0. The molecule has 0 saturated heterocycles. The summed E-state index contributed by atoms with van der Waals surface area (Å²) in [5.41, 5.74) is 3.87. The van der Waals surface area contributed by atoms with Gasteiger partial charge < -0.3 is 15.5 Å². The molecule has 0 spiro atoms. The number of amides is 3. The summed E-state index contributed by atoms with van der Waals surface area (Å²) >= 11 is 1.41. The molecule has 0 aromatic heterocycles. The average molecular weight is 487 g/mol. The smallest absolute Gasteiger partial charge is 0.251 e. The number of rotatable bonds is 12. The van der Waals surface area contributed by atoms with Crippen LogP contribution in [0.2, 0.25) is 0 Å². The molecule has 9 nitrogen and oxygen atoms in total. The van der Waals surface area contributed by atoms with Gasteiger partial charge in [0.15, 0.2) is 5.78 Å². The zero-order valence-corrected chi connectivity index (χ0v) is 20.3. The van der Waals surface area contributed by atoms with Crippen LogP contribution in [-0.4, -0.2) is 60.4 Å². The first-order valence-electron chi connectivity index (χ1n) is 10.7. The molecule has 182 valence electrons. The number of nitrogens with zero attached hydrogens (tertiary/aromatic N) is 1. The van der Waals surface area contributed by atoms with Crippen LogP contribution in [0.1, 0.15) is 40.5 Å². The number of carbonyl (C=O) groups excluding carboxylic acids is 4. The lowest BCUT2D eigenvalue weighted by atomic mass is 10.1. The largest absolute Gasteiger partial charge is 0.378 e. The number of carbonyl (C=O) groups is 4. The second kappa shape index (κ2) is 13.4. The zero-order valence-electron chi connectivity index (χ0n) is 19.5. The molecule has 34 heavy (non-hydrogen) atoms. The summed E-state index contributed by atoms with van der Waals surface area (Å²) in [6.07, 6.45) is 0.661. The standard InChI is InChI=1S/C24H30N4O5S/c1-16(29)18-6-4-7-19(14-18)25-24(32)21(15-34-13-5-8-22(30)27-33)26-23(31)17-9-11-20(12-10-17)28(2)3/h4,6-7,9-12,14,21,33H,5,8,13,15H2,1-3H3,(H,25,32)(H,26,31)(H,27,30)/t21-/m0/s1. The van der Waals surface area contributed by atoms with Crippen molar-refractivity contribution < 1.29 is 24.4 Å². The predicted octanol–water partition coefficient (Wildman–Crippen LogP) is 2.71. The van der Waals surface area contributed by atoms with Crippen LogP contribution >= 0.6 is 11.8 Å². The Balaban J connectivity index is 2.08. The van der Waals surface area contributed by atoms with Gasteiger partial charge in [-0.25, -0.2) is 5.48 Å². The Morgan fingerprint density at radius 2 is 1.74 bits per heavy atom. The second-order valence-corrected chi connectivity index (χ2v) is 8.96. The van der Waals surface area contributed by atoms with Crippen molar-refractivity contribution in [2.45, 2.75) is 25.8 Å². The van der Waals surface area contributed by atoms with E-state index >= 15 is 0 Å². The van der Waals surface area contributed by atoms with Crippen molar-refractivity contribution >= 4 is 46.6 Å². The lowest BCUT2D eigenvalue weighted by Gasteiger charge is -2.19. The first-order chi connectivity index (χ1) is 16.2. The van der Waals surface area contributed by atoms with Crippen molar-refractivity contribution in [3.05, 3.63) is 59.7 Å². The second-order valence-electron chi connectivity index (χ2n) is 7.81. The van der Waals surface area contributed by atoms with Crippen molar-refractivity contribution in [2.24, 2.45) is 0 Å². The van der Waals surface area contributed by atoms with E-state index in [9.17, 15) is 19.2 Å². The molecule has 2 rings (SSSR count). The Morgan fingerprint density at radius 3 is 2.35 bits per heavy atom. The van der Waals surface area contributed by atoms with Gasteiger partial charge in [0.25, 0.3) is 5.91 Å². The van der Waals surface area contributed by atoms with Crippen molar-refractivity contribution in [3.63, 3.8) is 0 Å². The Bertz CT molecular complexity index is 1010. The molecule has 0 radical (unpaired) electrons. The van der Waals surface area contributed by atoms with Gasteiger partial charge in [0.2, 0.25) is 11.8 Å². The minimum atomic E-state index is -0.848. The van der Waals surface area contributed by atoms with Crippen LogP contribution in [0.4, 0.5) is 11.4 Å². The highest BCUT2D eigenvalue weighted by Crippen LogP contribution is 2.15. The summed E-state index contributed by atoms with van der Waals surface area (Å²) in [5, 5.41) is 14.1. The van der Waals surface area contributed by atoms with E-state index in [0.29, 0.717) is 29.0 Å². The van der Waals surface area contributed by atoms with Gasteiger partial charge in [-0.3, -0.25) is 24.4 Å². The van der Waals surface area contributed by atoms with E-state index in [-0.39, 0.29) is 23.9 Å². The Labute approximate surface area is 203 Å². The maximum atomic E-state index is 13.0. The van der Waals surface area contributed by atoms with Crippen LogP contribution in [-0.2, 0) is 9.59 Å². The van der Waals surface area contributed by atoms with Gasteiger partial charge in [0.05, 0.1) is 0 Å². The number of benzene rings is 2. The molecule has 0 aliphatic heterocycles. The fraction of sp³-hybridized carbons (Fsp3) is 0.333. The Kier molecular flexibility index (Phi) is 10.6. The molecular weight excluding hydrogens is 456 g/mol. The number of hydrogen-bond donors (Lipinski definition) is 4. The number of Topliss-reactive ketones (excluding diaryl/α,β-unsaturated/α-hetero) is 1. The fourth-order valence-corrected chi connectivity index (χ4v) is 3.96. The Morgan fingerprint density at radius 1 is 1.03 bits per heavy atom. The zero-order chi connectivity index (χ0) is 25.1. The molecule has 0 bridgehead atoms. The predicted molar refractivity (Wildman–Crippen MR) is 134 cm³/mol. The summed E-state index contributed by atoms with van der Waals surface area (Å²) in [6, 6.07) is 12.8. The maximum absolute atomic E-state index is 13.0. The minimum absolute atomic E-state index is 0.121. The maximum Gasteiger partial charge on any atom is 0.251 e. The highest BCUT2D eigenvalue weighted by atomic mass is 32.2. The van der Waals surface area contributed by atoms with Crippen molar-refractivity contribution in [1.82, 2.24) is 10.8 Å². The fourth-order valence-electron chi connectivity index (χ4n) is 2.97. The monoisotopic (exact) mass is 486 g/mol. The molecule has 4 N–H and O–H groups in total. The number of hydroxylamine groups is 1. The first-order valence-corrected chi connectivity index (χ1v) is 11.9. The minimum Gasteiger partial charge on any atom is -0.378 e. The van der Waals surface area contributed by atoms with Crippen LogP contribution < -0.4 is 21.0 Å². The van der Waals surface area contributed by atoms with E-state index in [4.69, 9.17) is 5.21 Å². The lowest BCUT2D eigenvalue weighted by Crippen LogP contribution is -2.45. The Hall–Kier alpha value is -3.37. The molecule has 2 aromatic rings. The molecule has 0 unspecified atom stereocenters. The van der Waals surface area contributed by atoms with Gasteiger partial charge in [-0.2, -0.15) is 11.8 Å². The van der Waals surface area contributed by atoms with Gasteiger partial charge in [-0.15, -0.1) is 0 Å². The molecular formula is C24H30N4O5S. The molecule has 10 heteroatoms. The molecule has 0 heterocycles. The van der Waals surface area contributed by atoms with E-state index < -0.39 is 17.9 Å². The van der Waals surface area contributed by atoms with E-state index in [1.807, 2.05) is 31.1 Å². The number of hydrogen-bond acceptors (Lipinski definition) is 7. The van der Waals surface area contributed by atoms with Crippen LogP contribution in [0.3, 0.4) is 0 Å². The molecule has 0 saturated carbocycles. The summed E-state index contributed by atoms with van der Waals surface area (Å²) in [5.74, 6) is -0.563. The number of ketones is 1. The van der Waals surface area contributed by atoms with E-state index in [0.717, 1.165) is 5.69 Å². The van der Waals surface area contributed by atoms with Crippen molar-refractivity contribution in [3.8, 4) is 0 Å². The third-order valence-electron chi connectivity index (χ3n) is 4.91. The number of thioether (sulfide) groups is 1. The highest BCUT2D eigenvalue weighted by Gasteiger charge is 2.22. The number of anilines is 2. The topological polar surface area (TPSA) is 128 Å². The van der Waals surface area contributed by atoms with Crippen LogP contribution in [0.15, 0.2) is 48.5 Å². The third kappa shape index (κ3) is 8.53. The number of nitrogens with one attached hydrogen (secondary N) is 3. The first kappa shape index (κ1) is 26.9. The SMILES string of the molecule is CC(=O)c1cccc(NC(=O)[C@H](CSCCCC(=O)NO)NC(=O)c2ccc(N(C)C)cc2)c1. The van der Waals surface area contributed by atoms with Gasteiger partial charge in [-0.05, 0) is 55.5 Å². The average Bonchev–Trinajstić information content (AvgIpc) is 2.82. The molecule has 0 aliphatic carbocycles. The van der Waals surface area contributed by atoms with Gasteiger partial charge in [-0.1, -0.05) is 12.1 Å². The molecule has 2 aromatic carbocycles. The van der Waals surface area contributed by atoms with E-state index in [1.54, 1.807) is 41.9 Å². The van der Waals surface area contributed by atoms with Crippen molar-refractivity contribution in [1.29, 1.82) is 0 Å². The van der Waals surface area contributed by atoms with Crippen molar-refractivity contribution in [2.75, 3.05) is 35.8 Å². The van der Waals surface area contributed by atoms with Crippen LogP contribution in [0.25, 0.3) is 0 Å². The normalized spacial score (nSPS) is 11.3. The molecule has 0 fully saturated rings.